The zero-order valence-electron chi connectivity index (χ0n) is 6.87. The average Bonchev–Trinajstić information content (AvgIpc) is 2.12. The second kappa shape index (κ2) is 4.26. The quantitative estimate of drug-likeness (QED) is 0.533. The standard InChI is InChI=1S/C9H4F2N2O/c10-7-1-6(2-8(11)3-7)9(4-12)13-5-14/h1-3,9H. The SMILES string of the molecule is N#CC(N=C=O)c1cc(F)cc(F)c1. The molecule has 0 N–H and O–H groups in total. The Kier molecular flexibility index (Phi) is 3.05. The number of nitriles is 1. The maximum Gasteiger partial charge on any atom is 0.236 e. The Labute approximate surface area is 78.3 Å². The van der Waals surface area contributed by atoms with Gasteiger partial charge in [-0.15, -0.1) is 0 Å². The van der Waals surface area contributed by atoms with Crippen LogP contribution >= 0.6 is 0 Å². The van der Waals surface area contributed by atoms with Crippen LogP contribution in [0.15, 0.2) is 23.2 Å². The number of isocyanates is 1. The van der Waals surface area contributed by atoms with Crippen LogP contribution in [0.25, 0.3) is 0 Å². The lowest BCUT2D eigenvalue weighted by molar-refractivity contribution is 0.559. The molecule has 0 heterocycles. The Bertz CT molecular complexity index is 413. The number of nitrogens with zero attached hydrogens (tertiary/aromatic N) is 2. The van der Waals surface area contributed by atoms with Crippen LogP contribution in [0.5, 0.6) is 0 Å². The van der Waals surface area contributed by atoms with Gasteiger partial charge < -0.3 is 0 Å². The summed E-state index contributed by atoms with van der Waals surface area (Å²) in [6, 6.07) is 2.95. The Morgan fingerprint density at radius 1 is 1.29 bits per heavy atom. The van der Waals surface area contributed by atoms with Gasteiger partial charge in [0.15, 0.2) is 6.04 Å². The molecule has 0 aliphatic carbocycles. The van der Waals surface area contributed by atoms with Crippen molar-refractivity contribution < 1.29 is 13.6 Å². The second-order valence-corrected chi connectivity index (χ2v) is 2.45. The lowest BCUT2D eigenvalue weighted by Crippen LogP contribution is -1.94. The van der Waals surface area contributed by atoms with Crippen LogP contribution in [0, 0.1) is 23.0 Å². The van der Waals surface area contributed by atoms with Gasteiger partial charge in [-0.25, -0.2) is 13.6 Å². The molecular formula is C9H4F2N2O. The zero-order chi connectivity index (χ0) is 10.6. The van der Waals surface area contributed by atoms with Crippen molar-refractivity contribution in [3.05, 3.63) is 35.4 Å². The first-order valence-electron chi connectivity index (χ1n) is 3.60. The molecule has 0 bridgehead atoms. The Hall–Kier alpha value is -2.05. The molecule has 0 saturated carbocycles. The van der Waals surface area contributed by atoms with Gasteiger partial charge in [0.2, 0.25) is 6.08 Å². The van der Waals surface area contributed by atoms with E-state index in [4.69, 9.17) is 5.26 Å². The minimum Gasteiger partial charge on any atom is -0.211 e. The minimum atomic E-state index is -1.21. The van der Waals surface area contributed by atoms with Crippen molar-refractivity contribution in [1.82, 2.24) is 0 Å². The maximum atomic E-state index is 12.7. The van der Waals surface area contributed by atoms with E-state index in [-0.39, 0.29) is 5.56 Å². The summed E-state index contributed by atoms with van der Waals surface area (Å²) in [5.74, 6) is -1.64. The van der Waals surface area contributed by atoms with E-state index < -0.39 is 17.7 Å². The zero-order valence-corrected chi connectivity index (χ0v) is 6.87. The number of hydrogen-bond donors (Lipinski definition) is 0. The lowest BCUT2D eigenvalue weighted by atomic mass is 10.1. The Balaban J connectivity index is 3.17. The Morgan fingerprint density at radius 3 is 2.29 bits per heavy atom. The summed E-state index contributed by atoms with van der Waals surface area (Å²) < 4.78 is 25.4. The van der Waals surface area contributed by atoms with Gasteiger partial charge >= 0.3 is 0 Å². The van der Waals surface area contributed by atoms with E-state index in [0.29, 0.717) is 6.07 Å². The third-order valence-electron chi connectivity index (χ3n) is 1.50. The van der Waals surface area contributed by atoms with Crippen LogP contribution < -0.4 is 0 Å². The molecule has 0 aliphatic heterocycles. The van der Waals surface area contributed by atoms with Crippen molar-refractivity contribution in [2.75, 3.05) is 0 Å². The van der Waals surface area contributed by atoms with E-state index in [0.717, 1.165) is 18.2 Å². The first-order chi connectivity index (χ1) is 6.67. The van der Waals surface area contributed by atoms with Crippen molar-refractivity contribution in [2.24, 2.45) is 4.99 Å². The fraction of sp³-hybridized carbons (Fsp3) is 0.111. The molecule has 1 atom stereocenters. The summed E-state index contributed by atoms with van der Waals surface area (Å²) in [6.45, 7) is 0. The summed E-state index contributed by atoms with van der Waals surface area (Å²) in [4.78, 5) is 13.0. The fourth-order valence-electron chi connectivity index (χ4n) is 0.964. The summed E-state index contributed by atoms with van der Waals surface area (Å²) in [5.41, 5.74) is -0.00616. The van der Waals surface area contributed by atoms with Crippen molar-refractivity contribution in [2.45, 2.75) is 6.04 Å². The van der Waals surface area contributed by atoms with Crippen LogP contribution in [0.4, 0.5) is 8.78 Å². The van der Waals surface area contributed by atoms with Gasteiger partial charge in [-0.1, -0.05) is 0 Å². The van der Waals surface area contributed by atoms with Crippen LogP contribution in [-0.4, -0.2) is 6.08 Å². The number of benzene rings is 1. The molecule has 0 amide bonds. The molecule has 1 aromatic rings. The van der Waals surface area contributed by atoms with E-state index in [1.54, 1.807) is 6.07 Å². The summed E-state index contributed by atoms with van der Waals surface area (Å²) in [6.07, 6.45) is 1.16. The average molecular weight is 194 g/mol. The largest absolute Gasteiger partial charge is 0.236 e. The fourth-order valence-corrected chi connectivity index (χ4v) is 0.964. The van der Waals surface area contributed by atoms with Gasteiger partial charge in [0.25, 0.3) is 0 Å². The highest BCUT2D eigenvalue weighted by atomic mass is 19.1. The van der Waals surface area contributed by atoms with Gasteiger partial charge in [0.05, 0.1) is 6.07 Å². The van der Waals surface area contributed by atoms with Crippen molar-refractivity contribution in [3.63, 3.8) is 0 Å². The smallest absolute Gasteiger partial charge is 0.211 e. The highest BCUT2D eigenvalue weighted by Crippen LogP contribution is 2.18. The molecule has 1 unspecified atom stereocenters. The van der Waals surface area contributed by atoms with Gasteiger partial charge in [0.1, 0.15) is 11.6 Å². The molecule has 0 spiro atoms. The van der Waals surface area contributed by atoms with Crippen molar-refractivity contribution in [1.29, 1.82) is 5.26 Å². The third-order valence-corrected chi connectivity index (χ3v) is 1.50. The van der Waals surface area contributed by atoms with E-state index in [1.165, 1.54) is 0 Å². The topological polar surface area (TPSA) is 53.2 Å². The molecule has 0 aliphatic rings. The van der Waals surface area contributed by atoms with Crippen LogP contribution in [-0.2, 0) is 4.79 Å². The number of halogens is 2. The summed E-state index contributed by atoms with van der Waals surface area (Å²) in [7, 11) is 0. The van der Waals surface area contributed by atoms with E-state index in [9.17, 15) is 13.6 Å². The van der Waals surface area contributed by atoms with Crippen molar-refractivity contribution in [3.8, 4) is 6.07 Å². The third kappa shape index (κ3) is 2.22. The first kappa shape index (κ1) is 10.0. The number of rotatable bonds is 2. The summed E-state index contributed by atoms with van der Waals surface area (Å²) >= 11 is 0. The number of aliphatic imine (C=N–C) groups is 1. The molecule has 0 saturated heterocycles. The molecule has 1 rings (SSSR count). The first-order valence-corrected chi connectivity index (χ1v) is 3.60. The number of carbonyl (C=O) groups excluding carboxylic acids is 1. The van der Waals surface area contributed by atoms with E-state index in [1.807, 2.05) is 0 Å². The molecular weight excluding hydrogens is 190 g/mol. The number of hydrogen-bond acceptors (Lipinski definition) is 3. The molecule has 1 aromatic carbocycles. The normalized spacial score (nSPS) is 11.2. The van der Waals surface area contributed by atoms with Gasteiger partial charge in [-0.2, -0.15) is 10.3 Å². The minimum absolute atomic E-state index is 0.00616. The highest BCUT2D eigenvalue weighted by Gasteiger charge is 2.11. The van der Waals surface area contributed by atoms with E-state index in [2.05, 4.69) is 4.99 Å². The van der Waals surface area contributed by atoms with Gasteiger partial charge in [0, 0.05) is 6.07 Å². The summed E-state index contributed by atoms with van der Waals surface area (Å²) in [5, 5.41) is 8.52. The van der Waals surface area contributed by atoms with Crippen LogP contribution in [0.3, 0.4) is 0 Å². The van der Waals surface area contributed by atoms with Gasteiger partial charge in [-0.3, -0.25) is 0 Å². The molecule has 14 heavy (non-hydrogen) atoms. The van der Waals surface area contributed by atoms with Gasteiger partial charge in [-0.05, 0) is 17.7 Å². The maximum absolute atomic E-state index is 12.7. The highest BCUT2D eigenvalue weighted by molar-refractivity contribution is 5.37. The molecule has 0 fully saturated rings. The molecule has 5 heteroatoms. The van der Waals surface area contributed by atoms with E-state index >= 15 is 0 Å². The molecule has 3 nitrogen and oxygen atoms in total. The van der Waals surface area contributed by atoms with Crippen LogP contribution in [0.2, 0.25) is 0 Å². The van der Waals surface area contributed by atoms with Crippen molar-refractivity contribution >= 4 is 6.08 Å². The Morgan fingerprint density at radius 2 is 1.86 bits per heavy atom. The lowest BCUT2D eigenvalue weighted by Gasteiger charge is -2.01. The second-order valence-electron chi connectivity index (χ2n) is 2.45. The predicted molar refractivity (Wildman–Crippen MR) is 42.8 cm³/mol. The molecule has 0 radical (unpaired) electrons. The molecule has 0 aromatic heterocycles. The molecule has 70 valence electrons. The van der Waals surface area contributed by atoms with Crippen LogP contribution in [0.1, 0.15) is 11.6 Å². The monoisotopic (exact) mass is 194 g/mol. The predicted octanol–water partition coefficient (Wildman–Crippen LogP) is 1.87.